The Bertz CT molecular complexity index is 1620. The van der Waals surface area contributed by atoms with Gasteiger partial charge >= 0.3 is 0 Å². The molecule has 0 fully saturated rings. The number of hydrogen-bond donors (Lipinski definition) is 0. The zero-order chi connectivity index (χ0) is 27.1. The molecule has 0 aliphatic heterocycles. The van der Waals surface area contributed by atoms with Gasteiger partial charge in [0.05, 0.1) is 11.4 Å². The molecule has 6 rings (SSSR count). The lowest BCUT2D eigenvalue weighted by molar-refractivity contribution is 1.09. The van der Waals surface area contributed by atoms with Crippen molar-refractivity contribution in [3.05, 3.63) is 173 Å². The van der Waals surface area contributed by atoms with Crippen LogP contribution in [-0.2, 0) is 0 Å². The van der Waals surface area contributed by atoms with Crippen LogP contribution in [0.15, 0.2) is 146 Å². The highest BCUT2D eigenvalue weighted by Crippen LogP contribution is 2.33. The normalized spacial score (nSPS) is 11.4. The zero-order valence-corrected chi connectivity index (χ0v) is 22.6. The van der Waals surface area contributed by atoms with Gasteiger partial charge in [-0.2, -0.15) is 0 Å². The van der Waals surface area contributed by atoms with Crippen LogP contribution in [0.2, 0.25) is 0 Å². The van der Waals surface area contributed by atoms with Gasteiger partial charge in [0.25, 0.3) is 0 Å². The largest absolute Gasteiger partial charge is 0.309 e. The predicted molar refractivity (Wildman–Crippen MR) is 172 cm³/mol. The third-order valence-corrected chi connectivity index (χ3v) is 7.12. The summed E-state index contributed by atoms with van der Waals surface area (Å²) < 4.78 is 2.36. The number of hydrogen-bond acceptors (Lipinski definition) is 0. The average molecular weight is 514 g/mol. The fourth-order valence-electron chi connectivity index (χ4n) is 4.90. The van der Waals surface area contributed by atoms with Gasteiger partial charge in [0.1, 0.15) is 0 Å². The third kappa shape index (κ3) is 5.80. The summed E-state index contributed by atoms with van der Waals surface area (Å²) in [5, 5.41) is 0. The van der Waals surface area contributed by atoms with Crippen molar-refractivity contribution in [2.24, 2.45) is 0 Å². The average Bonchev–Trinajstić information content (AvgIpc) is 3.46. The second kappa shape index (κ2) is 11.7. The first-order chi connectivity index (χ1) is 19.7. The van der Waals surface area contributed by atoms with Crippen LogP contribution < -0.4 is 0 Å². The van der Waals surface area contributed by atoms with E-state index in [1.54, 1.807) is 0 Å². The van der Waals surface area contributed by atoms with Gasteiger partial charge in [0, 0.05) is 5.69 Å². The molecule has 0 spiro atoms. The lowest BCUT2D eigenvalue weighted by atomic mass is 10.1. The molecule has 0 N–H and O–H groups in total. The molecule has 0 atom stereocenters. The first-order valence-corrected chi connectivity index (χ1v) is 13.7. The Morgan fingerprint density at radius 2 is 0.750 bits per heavy atom. The first-order valence-electron chi connectivity index (χ1n) is 13.7. The topological polar surface area (TPSA) is 4.93 Å². The highest BCUT2D eigenvalue weighted by Gasteiger charge is 2.14. The molecule has 0 aliphatic carbocycles. The number of nitrogens with zero attached hydrogens (tertiary/aromatic N) is 1. The molecule has 6 aromatic rings. The quantitative estimate of drug-likeness (QED) is 0.187. The van der Waals surface area contributed by atoms with Crippen LogP contribution in [0, 0.1) is 6.92 Å². The van der Waals surface area contributed by atoms with Crippen molar-refractivity contribution in [1.29, 1.82) is 0 Å². The Morgan fingerprint density at radius 1 is 0.375 bits per heavy atom. The molecule has 192 valence electrons. The lowest BCUT2D eigenvalue weighted by Crippen LogP contribution is -1.99. The van der Waals surface area contributed by atoms with Gasteiger partial charge in [0.2, 0.25) is 0 Å². The van der Waals surface area contributed by atoms with Gasteiger partial charge in [-0.3, -0.25) is 0 Å². The molecule has 0 amide bonds. The molecular weight excluding hydrogens is 482 g/mol. The fraction of sp³-hybridized carbons (Fsp3) is 0.0256. The highest BCUT2D eigenvalue weighted by molar-refractivity contribution is 5.77. The van der Waals surface area contributed by atoms with E-state index in [0.29, 0.717) is 0 Å². The molecule has 0 saturated carbocycles. The van der Waals surface area contributed by atoms with Crippen molar-refractivity contribution in [2.75, 3.05) is 0 Å². The van der Waals surface area contributed by atoms with Gasteiger partial charge < -0.3 is 4.57 Å². The van der Waals surface area contributed by atoms with Crippen LogP contribution in [-0.4, -0.2) is 4.57 Å². The summed E-state index contributed by atoms with van der Waals surface area (Å²) in [7, 11) is 0. The fourth-order valence-corrected chi connectivity index (χ4v) is 4.90. The molecule has 0 radical (unpaired) electrons. The molecular formula is C39H31N. The molecule has 1 heterocycles. The Morgan fingerprint density at radius 3 is 1.15 bits per heavy atom. The second-order valence-corrected chi connectivity index (χ2v) is 10.0. The SMILES string of the molecule is Cc1ccc(-n2c(-c3ccc(/C=C/c4ccccc4)cc3)ccc2-c2ccc(/C=C/c3ccccc3)cc2)cc1. The van der Waals surface area contributed by atoms with E-state index in [1.807, 2.05) is 12.1 Å². The van der Waals surface area contributed by atoms with Crippen molar-refractivity contribution in [3.63, 3.8) is 0 Å². The number of rotatable bonds is 7. The van der Waals surface area contributed by atoms with Crippen LogP contribution >= 0.6 is 0 Å². The van der Waals surface area contributed by atoms with Crippen LogP contribution in [0.4, 0.5) is 0 Å². The van der Waals surface area contributed by atoms with Gasteiger partial charge in [-0.15, -0.1) is 0 Å². The van der Waals surface area contributed by atoms with E-state index in [9.17, 15) is 0 Å². The molecule has 0 bridgehead atoms. The maximum Gasteiger partial charge on any atom is 0.0535 e. The van der Waals surface area contributed by atoms with Gasteiger partial charge in [-0.05, 0) is 64.6 Å². The summed E-state index contributed by atoms with van der Waals surface area (Å²) in [5.74, 6) is 0. The molecule has 1 aromatic heterocycles. The van der Waals surface area contributed by atoms with Crippen molar-refractivity contribution in [1.82, 2.24) is 4.57 Å². The Balaban J connectivity index is 1.32. The van der Waals surface area contributed by atoms with E-state index in [-0.39, 0.29) is 0 Å². The van der Waals surface area contributed by atoms with Gasteiger partial charge in [-0.1, -0.05) is 151 Å². The summed E-state index contributed by atoms with van der Waals surface area (Å²) in [4.78, 5) is 0. The molecule has 5 aromatic carbocycles. The highest BCUT2D eigenvalue weighted by atomic mass is 15.0. The molecule has 0 unspecified atom stereocenters. The maximum atomic E-state index is 2.36. The second-order valence-electron chi connectivity index (χ2n) is 10.0. The van der Waals surface area contributed by atoms with Crippen molar-refractivity contribution >= 4 is 24.3 Å². The Labute approximate surface area is 237 Å². The predicted octanol–water partition coefficient (Wildman–Crippen LogP) is 10.5. The summed E-state index contributed by atoms with van der Waals surface area (Å²) in [6.45, 7) is 2.13. The van der Waals surface area contributed by atoms with Gasteiger partial charge in [0.15, 0.2) is 0 Å². The van der Waals surface area contributed by atoms with Crippen LogP contribution in [0.5, 0.6) is 0 Å². The number of benzene rings is 5. The monoisotopic (exact) mass is 513 g/mol. The Kier molecular flexibility index (Phi) is 7.37. The van der Waals surface area contributed by atoms with E-state index in [2.05, 4.69) is 169 Å². The number of aryl methyl sites for hydroxylation is 1. The molecule has 0 saturated heterocycles. The van der Waals surface area contributed by atoms with E-state index in [1.165, 1.54) is 50.3 Å². The van der Waals surface area contributed by atoms with Crippen molar-refractivity contribution in [3.8, 4) is 28.2 Å². The Hall–Kier alpha value is -5.14. The van der Waals surface area contributed by atoms with Gasteiger partial charge in [-0.25, -0.2) is 0 Å². The molecule has 40 heavy (non-hydrogen) atoms. The molecule has 1 heteroatoms. The lowest BCUT2D eigenvalue weighted by Gasteiger charge is -2.15. The van der Waals surface area contributed by atoms with E-state index in [4.69, 9.17) is 0 Å². The van der Waals surface area contributed by atoms with Crippen LogP contribution in [0.1, 0.15) is 27.8 Å². The van der Waals surface area contributed by atoms with Crippen molar-refractivity contribution in [2.45, 2.75) is 6.92 Å². The van der Waals surface area contributed by atoms with Crippen molar-refractivity contribution < 1.29 is 0 Å². The van der Waals surface area contributed by atoms with E-state index < -0.39 is 0 Å². The minimum absolute atomic E-state index is 1.15. The van der Waals surface area contributed by atoms with Crippen LogP contribution in [0.3, 0.4) is 0 Å². The van der Waals surface area contributed by atoms with E-state index >= 15 is 0 Å². The molecule has 1 nitrogen and oxygen atoms in total. The summed E-state index contributed by atoms with van der Waals surface area (Å²) >= 11 is 0. The standard InChI is InChI=1S/C39H31N/c1-30-12-26-37(27-13-30)40-38(35-22-18-33(19-23-35)16-14-31-8-4-2-5-9-31)28-29-39(40)36-24-20-34(21-25-36)17-15-32-10-6-3-7-11-32/h2-29H,1H3/b16-14+,17-15+. The number of aromatic nitrogens is 1. The summed E-state index contributed by atoms with van der Waals surface area (Å²) in [6.07, 6.45) is 8.64. The maximum absolute atomic E-state index is 2.36. The van der Waals surface area contributed by atoms with Crippen LogP contribution in [0.25, 0.3) is 52.5 Å². The minimum atomic E-state index is 1.15. The zero-order valence-electron chi connectivity index (χ0n) is 22.6. The van der Waals surface area contributed by atoms with E-state index in [0.717, 1.165) is 5.69 Å². The minimum Gasteiger partial charge on any atom is -0.309 e. The summed E-state index contributed by atoms with van der Waals surface area (Å²) in [5.41, 5.74) is 11.9. The summed E-state index contributed by atoms with van der Waals surface area (Å²) in [6, 6.07) is 51.7. The smallest absolute Gasteiger partial charge is 0.0535 e. The third-order valence-electron chi connectivity index (χ3n) is 7.12. The first kappa shape index (κ1) is 25.2. The molecule has 0 aliphatic rings.